The molecule has 4 N–H and O–H groups in total. The first-order chi connectivity index (χ1) is 14.2. The molecule has 0 atom stereocenters. The Morgan fingerprint density at radius 1 is 1.07 bits per heavy atom. The van der Waals surface area contributed by atoms with Crippen LogP contribution in [-0.4, -0.2) is 36.4 Å². The van der Waals surface area contributed by atoms with E-state index in [0.717, 1.165) is 11.1 Å². The average Bonchev–Trinajstić information content (AvgIpc) is 3.19. The van der Waals surface area contributed by atoms with E-state index in [1.54, 1.807) is 7.11 Å². The van der Waals surface area contributed by atoms with Gasteiger partial charge in [-0.15, -0.1) is 0 Å². The van der Waals surface area contributed by atoms with E-state index in [2.05, 4.69) is 25.6 Å². The van der Waals surface area contributed by atoms with E-state index < -0.39 is 5.91 Å². The van der Waals surface area contributed by atoms with Crippen LogP contribution in [0.4, 0.5) is 5.82 Å². The quantitative estimate of drug-likeness (QED) is 0.340. The van der Waals surface area contributed by atoms with Gasteiger partial charge in [0.2, 0.25) is 11.5 Å². The van der Waals surface area contributed by atoms with E-state index in [0.29, 0.717) is 37.7 Å². The van der Waals surface area contributed by atoms with Crippen LogP contribution in [0.5, 0.6) is 11.5 Å². The number of ether oxygens (including phenoxy) is 2. The number of carbonyl (C=O) groups excluding carboxylic acids is 1. The van der Waals surface area contributed by atoms with E-state index in [4.69, 9.17) is 15.2 Å². The van der Waals surface area contributed by atoms with Gasteiger partial charge in [-0.05, 0) is 33.6 Å². The van der Waals surface area contributed by atoms with Crippen molar-refractivity contribution < 1.29 is 31.3 Å². The van der Waals surface area contributed by atoms with Crippen LogP contribution in [0, 0.1) is 0 Å². The first-order valence-electron chi connectivity index (χ1n) is 9.08. The van der Waals surface area contributed by atoms with Gasteiger partial charge in [-0.1, -0.05) is 36.4 Å². The molecule has 1 heterocycles. The topological polar surface area (TPSA) is 125 Å². The van der Waals surface area contributed by atoms with Crippen LogP contribution in [0.1, 0.15) is 21.6 Å². The van der Waals surface area contributed by atoms with Crippen molar-refractivity contribution >= 4 is 11.7 Å². The van der Waals surface area contributed by atoms with Gasteiger partial charge in [0.25, 0.3) is 5.91 Å². The molecule has 0 saturated heterocycles. The highest BCUT2D eigenvalue weighted by Gasteiger charge is 2.14. The standard InChI is InChI=1S/C20H23N5O4.ClH/c1-27-17-11-15(7-8-16(17)28-13-14-5-3-2-4-6-14)12-22-9-10-23-20(26)18-19(21)25-29-24-18;/h2-8,11,22H,9-10,12-13H2,1H3,(H2,21,25)(H,23,26);1H/p-1. The second kappa shape index (κ2) is 11.6. The molecule has 0 spiro atoms. The fraction of sp³-hybridized carbons (Fsp3) is 0.250. The van der Waals surface area contributed by atoms with Crippen LogP contribution in [0.15, 0.2) is 53.2 Å². The number of anilines is 1. The van der Waals surface area contributed by atoms with Gasteiger partial charge < -0.3 is 38.2 Å². The fourth-order valence-corrected chi connectivity index (χ4v) is 2.61. The smallest absolute Gasteiger partial charge is 0.277 e. The molecule has 9 nitrogen and oxygen atoms in total. The minimum Gasteiger partial charge on any atom is -1.00 e. The normalized spacial score (nSPS) is 10.2. The molecule has 0 aliphatic rings. The molecule has 1 aromatic heterocycles. The number of benzene rings is 2. The molecule has 0 aliphatic heterocycles. The lowest BCUT2D eigenvalue weighted by atomic mass is 10.2. The van der Waals surface area contributed by atoms with Crippen molar-refractivity contribution in [3.05, 3.63) is 65.4 Å². The predicted molar refractivity (Wildman–Crippen MR) is 107 cm³/mol. The summed E-state index contributed by atoms with van der Waals surface area (Å²) in [7, 11) is 1.61. The van der Waals surface area contributed by atoms with E-state index in [9.17, 15) is 4.79 Å². The summed E-state index contributed by atoms with van der Waals surface area (Å²) in [5, 5.41) is 12.8. The number of nitrogens with zero attached hydrogens (tertiary/aromatic N) is 2. The summed E-state index contributed by atoms with van der Waals surface area (Å²) in [6.45, 7) is 2.05. The van der Waals surface area contributed by atoms with E-state index in [-0.39, 0.29) is 23.9 Å². The minimum absolute atomic E-state index is 0. The number of methoxy groups -OCH3 is 1. The molecule has 0 saturated carbocycles. The molecule has 160 valence electrons. The molecule has 3 rings (SSSR count). The summed E-state index contributed by atoms with van der Waals surface area (Å²) < 4.78 is 15.7. The monoisotopic (exact) mass is 432 g/mol. The van der Waals surface area contributed by atoms with E-state index in [1.165, 1.54) is 0 Å². The Bertz CT molecular complexity index is 936. The van der Waals surface area contributed by atoms with Gasteiger partial charge in [-0.2, -0.15) is 0 Å². The summed E-state index contributed by atoms with van der Waals surface area (Å²) in [6, 6.07) is 15.7. The molecular weight excluding hydrogens is 410 g/mol. The lowest BCUT2D eigenvalue weighted by Crippen LogP contribution is -3.00. The first-order valence-corrected chi connectivity index (χ1v) is 9.08. The number of nitrogens with two attached hydrogens (primary N) is 1. The zero-order valence-electron chi connectivity index (χ0n) is 16.4. The van der Waals surface area contributed by atoms with Crippen LogP contribution in [0.25, 0.3) is 0 Å². The van der Waals surface area contributed by atoms with Crippen LogP contribution in [0.2, 0.25) is 0 Å². The van der Waals surface area contributed by atoms with E-state index in [1.807, 2.05) is 48.5 Å². The number of carbonyl (C=O) groups is 1. The number of hydrogen-bond acceptors (Lipinski definition) is 8. The van der Waals surface area contributed by atoms with Crippen LogP contribution >= 0.6 is 0 Å². The molecule has 2 aromatic carbocycles. The third kappa shape index (κ3) is 6.36. The van der Waals surface area contributed by atoms with Gasteiger partial charge in [-0.25, -0.2) is 4.63 Å². The van der Waals surface area contributed by atoms with Crippen molar-refractivity contribution in [3.8, 4) is 11.5 Å². The number of rotatable bonds is 10. The summed E-state index contributed by atoms with van der Waals surface area (Å²) >= 11 is 0. The Morgan fingerprint density at radius 2 is 1.87 bits per heavy atom. The van der Waals surface area contributed by atoms with Gasteiger partial charge in [0.1, 0.15) is 6.61 Å². The summed E-state index contributed by atoms with van der Waals surface area (Å²) in [6.07, 6.45) is 0. The lowest BCUT2D eigenvalue weighted by Gasteiger charge is -2.13. The molecule has 0 bridgehead atoms. The molecule has 30 heavy (non-hydrogen) atoms. The summed E-state index contributed by atoms with van der Waals surface area (Å²) in [5.74, 6) is 0.901. The van der Waals surface area contributed by atoms with Gasteiger partial charge in [0.05, 0.1) is 7.11 Å². The number of hydrogen-bond donors (Lipinski definition) is 3. The maximum absolute atomic E-state index is 11.8. The maximum Gasteiger partial charge on any atom is 0.277 e. The molecule has 3 aromatic rings. The Morgan fingerprint density at radius 3 is 2.57 bits per heavy atom. The third-order valence-electron chi connectivity index (χ3n) is 4.11. The highest BCUT2D eigenvalue weighted by atomic mass is 35.5. The lowest BCUT2D eigenvalue weighted by molar-refractivity contribution is -0.0000154. The van der Waals surface area contributed by atoms with Gasteiger partial charge in [0, 0.05) is 19.6 Å². The summed E-state index contributed by atoms with van der Waals surface area (Å²) in [4.78, 5) is 11.8. The van der Waals surface area contributed by atoms with Crippen molar-refractivity contribution in [1.29, 1.82) is 0 Å². The fourth-order valence-electron chi connectivity index (χ4n) is 2.61. The average molecular weight is 433 g/mol. The van der Waals surface area contributed by atoms with Crippen molar-refractivity contribution in [2.45, 2.75) is 13.2 Å². The first kappa shape index (κ1) is 23.0. The molecule has 10 heteroatoms. The van der Waals surface area contributed by atoms with Crippen LogP contribution in [-0.2, 0) is 13.2 Å². The van der Waals surface area contributed by atoms with Crippen LogP contribution < -0.4 is 38.2 Å². The van der Waals surface area contributed by atoms with Crippen molar-refractivity contribution in [2.24, 2.45) is 0 Å². The zero-order chi connectivity index (χ0) is 20.5. The number of amides is 1. The second-order valence-electron chi connectivity index (χ2n) is 6.19. The van der Waals surface area contributed by atoms with Crippen molar-refractivity contribution in [2.75, 3.05) is 25.9 Å². The predicted octanol–water partition coefficient (Wildman–Crippen LogP) is -1.24. The molecule has 0 aliphatic carbocycles. The Balaban J connectivity index is 0.00000320. The third-order valence-corrected chi connectivity index (χ3v) is 4.11. The Kier molecular flexibility index (Phi) is 8.92. The number of aromatic nitrogens is 2. The second-order valence-corrected chi connectivity index (χ2v) is 6.19. The highest BCUT2D eigenvalue weighted by molar-refractivity contribution is 5.95. The molecule has 0 radical (unpaired) electrons. The number of nitrogen functional groups attached to an aromatic ring is 1. The maximum atomic E-state index is 11.8. The van der Waals surface area contributed by atoms with Gasteiger partial charge >= 0.3 is 0 Å². The molecule has 0 fully saturated rings. The van der Waals surface area contributed by atoms with Crippen molar-refractivity contribution in [3.63, 3.8) is 0 Å². The van der Waals surface area contributed by atoms with Crippen LogP contribution in [0.3, 0.4) is 0 Å². The molecule has 1 amide bonds. The number of nitrogens with one attached hydrogen (secondary N) is 2. The highest BCUT2D eigenvalue weighted by Crippen LogP contribution is 2.28. The Hall–Kier alpha value is -3.30. The largest absolute Gasteiger partial charge is 1.00 e. The number of halogens is 1. The van der Waals surface area contributed by atoms with E-state index >= 15 is 0 Å². The van der Waals surface area contributed by atoms with Gasteiger partial charge in [0.15, 0.2) is 11.5 Å². The molecule has 0 unspecified atom stereocenters. The SMILES string of the molecule is COc1cc(CNCCNC(=O)c2nonc2N)ccc1OCc1ccccc1.[Cl-]. The van der Waals surface area contributed by atoms with Crippen molar-refractivity contribution in [1.82, 2.24) is 20.9 Å². The Labute approximate surface area is 180 Å². The molecular formula is C20H23ClN5O4-. The summed E-state index contributed by atoms with van der Waals surface area (Å²) in [5.41, 5.74) is 7.58. The van der Waals surface area contributed by atoms with Gasteiger partial charge in [-0.3, -0.25) is 4.79 Å². The minimum atomic E-state index is -0.424. The zero-order valence-corrected chi connectivity index (χ0v) is 17.2.